The Labute approximate surface area is 224 Å². The highest BCUT2D eigenvalue weighted by Crippen LogP contribution is 2.36. The molecule has 4 rings (SSSR count). The summed E-state index contributed by atoms with van der Waals surface area (Å²) in [4.78, 5) is 29.6. The Morgan fingerprint density at radius 2 is 1.87 bits per heavy atom. The topological polar surface area (TPSA) is 117 Å². The number of rotatable bonds is 9. The molecule has 1 amide bonds. The van der Waals surface area contributed by atoms with Gasteiger partial charge in [0.2, 0.25) is 11.8 Å². The minimum Gasteiger partial charge on any atom is -0.493 e. The molecule has 2 atom stereocenters. The number of terminal acetylenes is 1. The van der Waals surface area contributed by atoms with Crippen LogP contribution in [0.1, 0.15) is 30.0 Å². The first-order chi connectivity index (χ1) is 18.3. The molecule has 4 N–H and O–H groups in total. The zero-order valence-electron chi connectivity index (χ0n) is 20.5. The minimum atomic E-state index is -1.13. The van der Waals surface area contributed by atoms with E-state index in [2.05, 4.69) is 16.2 Å². The first-order valence-electron chi connectivity index (χ1n) is 11.8. The van der Waals surface area contributed by atoms with E-state index in [0.29, 0.717) is 22.6 Å². The quantitative estimate of drug-likeness (QED) is 0.237. The number of aromatic hydroxyl groups is 1. The molecule has 8 nitrogen and oxygen atoms in total. The van der Waals surface area contributed by atoms with Gasteiger partial charge in [-0.15, -0.1) is 6.42 Å². The van der Waals surface area contributed by atoms with Crippen LogP contribution in [-0.4, -0.2) is 38.9 Å². The number of aliphatic hydroxyl groups is 1. The Morgan fingerprint density at radius 1 is 1.16 bits per heavy atom. The summed E-state index contributed by atoms with van der Waals surface area (Å²) in [6, 6.07) is 19.5. The second-order valence-corrected chi connectivity index (χ2v) is 8.97. The molecule has 0 aliphatic carbocycles. The average Bonchev–Trinajstić information content (AvgIpc) is 3.22. The van der Waals surface area contributed by atoms with Crippen molar-refractivity contribution in [2.45, 2.75) is 18.9 Å². The number of H-pyrrole nitrogens is 1. The lowest BCUT2D eigenvalue weighted by Gasteiger charge is -2.25. The van der Waals surface area contributed by atoms with Crippen LogP contribution in [0.15, 0.2) is 77.6 Å². The van der Waals surface area contributed by atoms with Gasteiger partial charge in [-0.3, -0.25) is 4.79 Å². The standard InChI is InChI=1S/C29H26ClN3O5/c1-3-19-9-14-24(23(30)17-19)31-27(35)26(18(2)20-7-5-4-6-8-20)33-28(36)25(32-29(33)37)21-10-12-22(13-11-21)38-16-15-34/h1,4-14,17-18,26,34,36H,15-16H2,2H3,(H,31,35)(H,32,37)/t18-,26-/m0/s1. The molecule has 0 radical (unpaired) electrons. The van der Waals surface area contributed by atoms with E-state index in [1.165, 1.54) is 0 Å². The molecule has 0 saturated heterocycles. The molecule has 0 fully saturated rings. The highest BCUT2D eigenvalue weighted by atomic mass is 35.5. The van der Waals surface area contributed by atoms with E-state index in [0.717, 1.165) is 10.1 Å². The molecule has 4 aromatic rings. The van der Waals surface area contributed by atoms with Crippen LogP contribution in [0.4, 0.5) is 5.69 Å². The van der Waals surface area contributed by atoms with Crippen molar-refractivity contribution in [3.8, 4) is 35.2 Å². The van der Waals surface area contributed by atoms with Crippen LogP contribution in [0.3, 0.4) is 0 Å². The number of amides is 1. The number of hydrogen-bond acceptors (Lipinski definition) is 5. The van der Waals surface area contributed by atoms with Gasteiger partial charge in [-0.1, -0.05) is 54.8 Å². The summed E-state index contributed by atoms with van der Waals surface area (Å²) in [7, 11) is 0. The maximum absolute atomic E-state index is 13.7. The largest absolute Gasteiger partial charge is 0.493 e. The van der Waals surface area contributed by atoms with E-state index in [1.54, 1.807) is 49.4 Å². The zero-order chi connectivity index (χ0) is 27.2. The Balaban J connectivity index is 1.75. The maximum Gasteiger partial charge on any atom is 0.329 e. The normalized spacial score (nSPS) is 12.4. The molecule has 9 heteroatoms. The molecule has 0 aliphatic rings. The molecule has 0 saturated carbocycles. The fourth-order valence-corrected chi connectivity index (χ4v) is 4.43. The van der Waals surface area contributed by atoms with E-state index in [1.807, 2.05) is 30.3 Å². The molecule has 38 heavy (non-hydrogen) atoms. The first kappa shape index (κ1) is 26.6. The third kappa shape index (κ3) is 5.59. The molecular formula is C29H26ClN3O5. The van der Waals surface area contributed by atoms with Crippen LogP contribution in [-0.2, 0) is 4.79 Å². The summed E-state index contributed by atoms with van der Waals surface area (Å²) in [5.74, 6) is 1.55. The molecule has 194 valence electrons. The second-order valence-electron chi connectivity index (χ2n) is 8.57. The molecule has 0 spiro atoms. The van der Waals surface area contributed by atoms with E-state index < -0.39 is 29.4 Å². The number of hydrogen-bond donors (Lipinski definition) is 4. The fourth-order valence-electron chi connectivity index (χ4n) is 4.20. The zero-order valence-corrected chi connectivity index (χ0v) is 21.3. The number of aliphatic hydroxyl groups excluding tert-OH is 1. The smallest absolute Gasteiger partial charge is 0.329 e. The van der Waals surface area contributed by atoms with Crippen molar-refractivity contribution in [2.75, 3.05) is 18.5 Å². The van der Waals surface area contributed by atoms with Crippen LogP contribution in [0, 0.1) is 12.3 Å². The van der Waals surface area contributed by atoms with Gasteiger partial charge in [0, 0.05) is 17.0 Å². The summed E-state index contributed by atoms with van der Waals surface area (Å²) in [5.41, 5.74) is 1.67. The Kier molecular flexibility index (Phi) is 8.22. The predicted molar refractivity (Wildman–Crippen MR) is 147 cm³/mol. The number of anilines is 1. The number of benzene rings is 3. The summed E-state index contributed by atoms with van der Waals surface area (Å²) < 4.78 is 6.42. The Morgan fingerprint density at radius 3 is 2.50 bits per heavy atom. The van der Waals surface area contributed by atoms with Gasteiger partial charge in [-0.05, 0) is 48.0 Å². The Bertz CT molecular complexity index is 1520. The second kappa shape index (κ2) is 11.7. The highest BCUT2D eigenvalue weighted by molar-refractivity contribution is 6.33. The van der Waals surface area contributed by atoms with Crippen LogP contribution in [0.25, 0.3) is 11.3 Å². The predicted octanol–water partition coefficient (Wildman–Crippen LogP) is 4.54. The number of aromatic nitrogens is 2. The van der Waals surface area contributed by atoms with Crippen molar-refractivity contribution in [3.05, 3.63) is 99.4 Å². The van der Waals surface area contributed by atoms with Crippen LogP contribution < -0.4 is 15.7 Å². The molecule has 3 aromatic carbocycles. The van der Waals surface area contributed by atoms with Crippen LogP contribution >= 0.6 is 11.6 Å². The highest BCUT2D eigenvalue weighted by Gasteiger charge is 2.33. The number of carbonyl (C=O) groups excluding carboxylic acids is 1. The summed E-state index contributed by atoms with van der Waals surface area (Å²) in [6.07, 6.45) is 5.43. The van der Waals surface area contributed by atoms with Crippen molar-refractivity contribution in [3.63, 3.8) is 0 Å². The van der Waals surface area contributed by atoms with Gasteiger partial charge in [0.25, 0.3) is 0 Å². The number of aromatic amines is 1. The average molecular weight is 532 g/mol. The number of halogens is 1. The van der Waals surface area contributed by atoms with Crippen molar-refractivity contribution >= 4 is 23.2 Å². The van der Waals surface area contributed by atoms with Crippen molar-refractivity contribution in [2.24, 2.45) is 0 Å². The molecule has 0 unspecified atom stereocenters. The van der Waals surface area contributed by atoms with Crippen LogP contribution in [0.5, 0.6) is 11.6 Å². The lowest BCUT2D eigenvalue weighted by Crippen LogP contribution is -2.35. The molecule has 1 aromatic heterocycles. The maximum atomic E-state index is 13.7. The fraction of sp³-hybridized carbons (Fsp3) is 0.172. The number of carbonyl (C=O) groups is 1. The lowest BCUT2D eigenvalue weighted by atomic mass is 9.92. The molecule has 0 aliphatic heterocycles. The third-order valence-electron chi connectivity index (χ3n) is 6.14. The molecule has 0 bridgehead atoms. The third-order valence-corrected chi connectivity index (χ3v) is 6.46. The summed E-state index contributed by atoms with van der Waals surface area (Å²) in [5, 5.41) is 23.2. The van der Waals surface area contributed by atoms with Gasteiger partial charge in [0.05, 0.1) is 17.3 Å². The van der Waals surface area contributed by atoms with E-state index in [9.17, 15) is 14.7 Å². The molecular weight excluding hydrogens is 506 g/mol. The Hall–Kier alpha value is -4.45. The molecule has 1 heterocycles. The van der Waals surface area contributed by atoms with E-state index >= 15 is 0 Å². The van der Waals surface area contributed by atoms with Gasteiger partial charge in [-0.2, -0.15) is 0 Å². The van der Waals surface area contributed by atoms with Gasteiger partial charge < -0.3 is 25.3 Å². The number of nitrogens with zero attached hydrogens (tertiary/aromatic N) is 1. The monoisotopic (exact) mass is 531 g/mol. The van der Waals surface area contributed by atoms with Gasteiger partial charge >= 0.3 is 5.69 Å². The summed E-state index contributed by atoms with van der Waals surface area (Å²) >= 11 is 6.33. The van der Waals surface area contributed by atoms with Crippen LogP contribution in [0.2, 0.25) is 5.02 Å². The summed E-state index contributed by atoms with van der Waals surface area (Å²) in [6.45, 7) is 1.82. The van der Waals surface area contributed by atoms with Crippen molar-refractivity contribution in [1.82, 2.24) is 9.55 Å². The van der Waals surface area contributed by atoms with Gasteiger partial charge in [0.1, 0.15) is 24.1 Å². The number of ether oxygens (including phenoxy) is 1. The van der Waals surface area contributed by atoms with Crippen molar-refractivity contribution in [1.29, 1.82) is 0 Å². The SMILES string of the molecule is C#Cc1ccc(NC(=O)[C@H]([C@@H](C)c2ccccc2)n2c(O)c(-c3ccc(OCCO)cc3)[nH]c2=O)c(Cl)c1. The lowest BCUT2D eigenvalue weighted by molar-refractivity contribution is -0.120. The van der Waals surface area contributed by atoms with E-state index in [-0.39, 0.29) is 23.9 Å². The van der Waals surface area contributed by atoms with Gasteiger partial charge in [-0.25, -0.2) is 9.36 Å². The number of imidazole rings is 1. The first-order valence-corrected chi connectivity index (χ1v) is 12.2. The van der Waals surface area contributed by atoms with E-state index in [4.69, 9.17) is 27.9 Å². The van der Waals surface area contributed by atoms with Crippen molar-refractivity contribution < 1.29 is 19.7 Å². The minimum absolute atomic E-state index is 0.124. The van der Waals surface area contributed by atoms with Gasteiger partial charge in [0.15, 0.2) is 0 Å². The number of nitrogens with one attached hydrogen (secondary N) is 2.